The number of ketones is 1. The number of carbonyl (C=O) groups excluding carboxylic acids is 1. The molecule has 4 N–H and O–H groups in total. The van der Waals surface area contributed by atoms with E-state index >= 15 is 0 Å². The lowest BCUT2D eigenvalue weighted by Gasteiger charge is -2.57. The first-order chi connectivity index (χ1) is 12.4. The van der Waals surface area contributed by atoms with E-state index in [0.29, 0.717) is 24.2 Å². The molecule has 5 aliphatic rings. The van der Waals surface area contributed by atoms with Crippen LogP contribution in [0.4, 0.5) is 11.4 Å². The van der Waals surface area contributed by atoms with Crippen LogP contribution in [0.5, 0.6) is 5.75 Å². The van der Waals surface area contributed by atoms with Crippen molar-refractivity contribution in [2.45, 2.75) is 49.2 Å². The van der Waals surface area contributed by atoms with Gasteiger partial charge in [0.2, 0.25) is 0 Å². The second-order valence-corrected chi connectivity index (χ2v) is 7.79. The van der Waals surface area contributed by atoms with Crippen LogP contribution in [0, 0.1) is 0 Å². The Bertz CT molecular complexity index is 1060. The fraction of sp³-hybridized carbons (Fsp3) is 0.500. The van der Waals surface area contributed by atoms with Crippen LogP contribution in [-0.4, -0.2) is 63.4 Å². The van der Waals surface area contributed by atoms with Crippen molar-refractivity contribution in [2.75, 3.05) is 11.4 Å². The van der Waals surface area contributed by atoms with E-state index in [4.69, 9.17) is 0 Å². The topological polar surface area (TPSA) is 126 Å². The quantitative estimate of drug-likeness (QED) is 0.432. The summed E-state index contributed by atoms with van der Waals surface area (Å²) in [6.07, 6.45) is -1.10. The van der Waals surface area contributed by atoms with Gasteiger partial charge in [0.05, 0.1) is 29.4 Å². The van der Waals surface area contributed by atoms with Crippen molar-refractivity contribution in [2.24, 2.45) is 9.98 Å². The lowest BCUT2D eigenvalue weighted by molar-refractivity contribution is -0.144. The van der Waals surface area contributed by atoms with Crippen LogP contribution >= 0.6 is 0 Å². The fourth-order valence-electron chi connectivity index (χ4n) is 5.66. The third-order valence-corrected chi connectivity index (χ3v) is 6.68. The lowest BCUT2D eigenvalue weighted by Crippen LogP contribution is -2.73. The molecule has 1 aromatic rings. The van der Waals surface area contributed by atoms with Crippen molar-refractivity contribution < 1.29 is 25.2 Å². The minimum atomic E-state index is -1.36. The average Bonchev–Trinajstić information content (AvgIpc) is 3.03. The summed E-state index contributed by atoms with van der Waals surface area (Å²) in [5, 5.41) is 43.8. The van der Waals surface area contributed by atoms with E-state index in [-0.39, 0.29) is 29.7 Å². The number of phenolic OH excluding ortho intramolecular Hbond substituents is 1. The number of nitrogens with zero attached hydrogens (tertiary/aromatic N) is 3. The zero-order chi connectivity index (χ0) is 18.0. The standard InChI is InChI=1S/C18H17N3O5/c22-7-3-8(23)18-4-9(24)20-13-11(18)15-10-6(5-19-12(10)16(13)25)1-2-21(15)14(7)17(18)26/h5,7,9,14,17,22,24-26H,1-4H2/t7-,9-,14?,17-,18-/m1/s1. The second kappa shape index (κ2) is 4.33. The smallest absolute Gasteiger partial charge is 0.167 e. The molecule has 0 amide bonds. The summed E-state index contributed by atoms with van der Waals surface area (Å²) in [5.74, 6) is -0.472. The Morgan fingerprint density at radius 2 is 2.08 bits per heavy atom. The van der Waals surface area contributed by atoms with Gasteiger partial charge in [-0.3, -0.25) is 14.8 Å². The molecular weight excluding hydrogens is 338 g/mol. The van der Waals surface area contributed by atoms with Crippen LogP contribution in [0.15, 0.2) is 9.98 Å². The summed E-state index contributed by atoms with van der Waals surface area (Å²) < 4.78 is 0. The first-order valence-corrected chi connectivity index (χ1v) is 8.84. The molecular formula is C18H17N3O5. The lowest BCUT2D eigenvalue weighted by atomic mass is 9.57. The average molecular weight is 355 g/mol. The maximum Gasteiger partial charge on any atom is 0.167 e. The number of rotatable bonds is 0. The molecule has 0 saturated heterocycles. The van der Waals surface area contributed by atoms with Gasteiger partial charge < -0.3 is 25.3 Å². The van der Waals surface area contributed by atoms with E-state index in [0.717, 1.165) is 16.5 Å². The van der Waals surface area contributed by atoms with E-state index in [1.807, 2.05) is 4.90 Å². The molecule has 6 rings (SSSR count). The Hall–Kier alpha value is -2.29. The van der Waals surface area contributed by atoms with Gasteiger partial charge >= 0.3 is 0 Å². The van der Waals surface area contributed by atoms with Gasteiger partial charge in [-0.1, -0.05) is 0 Å². The molecule has 0 aromatic heterocycles. The first-order valence-electron chi connectivity index (χ1n) is 8.84. The highest BCUT2D eigenvalue weighted by Crippen LogP contribution is 2.52. The highest BCUT2D eigenvalue weighted by atomic mass is 16.3. The number of anilines is 1. The molecule has 1 aliphatic carbocycles. The number of fused-ring (bicyclic) bond motifs is 2. The maximum atomic E-state index is 13.1. The fourth-order valence-corrected chi connectivity index (χ4v) is 5.66. The molecule has 1 saturated carbocycles. The molecule has 1 spiro atoms. The number of hydrogen-bond donors (Lipinski definition) is 4. The third-order valence-electron chi connectivity index (χ3n) is 6.68. The van der Waals surface area contributed by atoms with Crippen molar-refractivity contribution in [1.82, 2.24) is 0 Å². The van der Waals surface area contributed by atoms with Crippen LogP contribution in [0.2, 0.25) is 0 Å². The van der Waals surface area contributed by atoms with Gasteiger partial charge in [0.15, 0.2) is 5.75 Å². The minimum absolute atomic E-state index is 0.0432. The Morgan fingerprint density at radius 1 is 1.27 bits per heavy atom. The molecule has 1 unspecified atom stereocenters. The monoisotopic (exact) mass is 355 g/mol. The molecule has 0 radical (unpaired) electrons. The van der Waals surface area contributed by atoms with Gasteiger partial charge in [-0.2, -0.15) is 0 Å². The number of aliphatic hydroxyl groups excluding tert-OH is 3. The number of aromatic hydroxyl groups is 1. The summed E-state index contributed by atoms with van der Waals surface area (Å²) >= 11 is 0. The number of aliphatic imine (C=N–C) groups is 1. The van der Waals surface area contributed by atoms with Gasteiger partial charge in [0, 0.05) is 36.4 Å². The third kappa shape index (κ3) is 1.36. The molecule has 8 heteroatoms. The summed E-state index contributed by atoms with van der Waals surface area (Å²) in [6.45, 7) is 0.580. The van der Waals surface area contributed by atoms with Crippen molar-refractivity contribution in [3.05, 3.63) is 16.1 Å². The first kappa shape index (κ1) is 14.8. The highest BCUT2D eigenvalue weighted by Gasteiger charge is 2.63. The number of benzene rings is 1. The van der Waals surface area contributed by atoms with Crippen molar-refractivity contribution >= 4 is 28.9 Å². The van der Waals surface area contributed by atoms with Crippen LogP contribution in [-0.2, 0) is 10.2 Å². The SMILES string of the molecule is O=C1C[C@@H](O)C2[C@@H](O)[C@]13C[C@@H](O)N=c1c(O)c4c5c(c13)N2CCC=5C=N4. The molecule has 134 valence electrons. The van der Waals surface area contributed by atoms with Crippen molar-refractivity contribution in [1.29, 1.82) is 0 Å². The number of aliphatic hydroxyl groups is 3. The minimum Gasteiger partial charge on any atom is -0.504 e. The molecule has 26 heavy (non-hydrogen) atoms. The Balaban J connectivity index is 1.87. The molecule has 2 bridgehead atoms. The van der Waals surface area contributed by atoms with Crippen LogP contribution in [0.1, 0.15) is 24.8 Å². The molecule has 4 heterocycles. The Morgan fingerprint density at radius 3 is 2.88 bits per heavy atom. The van der Waals surface area contributed by atoms with E-state index in [9.17, 15) is 25.2 Å². The van der Waals surface area contributed by atoms with Crippen molar-refractivity contribution in [3.63, 3.8) is 0 Å². The summed E-state index contributed by atoms with van der Waals surface area (Å²) in [7, 11) is 0. The molecule has 1 aromatic carbocycles. The number of carbonyl (C=O) groups is 1. The van der Waals surface area contributed by atoms with E-state index < -0.39 is 29.9 Å². The normalized spacial score (nSPS) is 38.3. The summed E-state index contributed by atoms with van der Waals surface area (Å²) in [6, 6.07) is -0.630. The van der Waals surface area contributed by atoms with Gasteiger partial charge in [0.25, 0.3) is 0 Å². The highest BCUT2D eigenvalue weighted by molar-refractivity contribution is 6.11. The largest absolute Gasteiger partial charge is 0.504 e. The summed E-state index contributed by atoms with van der Waals surface area (Å²) in [4.78, 5) is 23.6. The van der Waals surface area contributed by atoms with E-state index in [1.165, 1.54) is 0 Å². The van der Waals surface area contributed by atoms with E-state index in [2.05, 4.69) is 9.98 Å². The molecule has 4 aliphatic heterocycles. The van der Waals surface area contributed by atoms with Gasteiger partial charge in [-0.05, 0) is 12.0 Å². The maximum absolute atomic E-state index is 13.1. The Kier molecular flexibility index (Phi) is 2.47. The van der Waals surface area contributed by atoms with E-state index in [1.54, 1.807) is 6.21 Å². The summed E-state index contributed by atoms with van der Waals surface area (Å²) in [5.41, 5.74) is 1.22. The molecule has 8 nitrogen and oxygen atoms in total. The number of phenols is 1. The van der Waals surface area contributed by atoms with Gasteiger partial charge in [-0.25, -0.2) is 0 Å². The number of hydrogen-bond acceptors (Lipinski definition) is 8. The van der Waals surface area contributed by atoms with Crippen LogP contribution < -0.4 is 15.5 Å². The molecule has 1 fully saturated rings. The molecule has 5 atom stereocenters. The second-order valence-electron chi connectivity index (χ2n) is 7.79. The van der Waals surface area contributed by atoms with Crippen LogP contribution in [0.3, 0.4) is 0 Å². The predicted molar refractivity (Wildman–Crippen MR) is 90.1 cm³/mol. The zero-order valence-electron chi connectivity index (χ0n) is 13.8. The number of Topliss-reactive ketones (excluding diaryl/α,β-unsaturated/α-hetero) is 1. The van der Waals surface area contributed by atoms with Crippen LogP contribution in [0.25, 0.3) is 5.57 Å². The predicted octanol–water partition coefficient (Wildman–Crippen LogP) is -1.87. The van der Waals surface area contributed by atoms with Crippen molar-refractivity contribution in [3.8, 4) is 5.75 Å². The van der Waals surface area contributed by atoms with Gasteiger partial charge in [-0.15, -0.1) is 0 Å². The zero-order valence-corrected chi connectivity index (χ0v) is 13.8. The Labute approximate surface area is 147 Å². The van der Waals surface area contributed by atoms with Gasteiger partial charge in [0.1, 0.15) is 23.1 Å².